The van der Waals surface area contributed by atoms with Crippen molar-refractivity contribution in [3.8, 4) is 22.2 Å². The zero-order valence-corrected chi connectivity index (χ0v) is 18.6. The number of aliphatic hydroxyl groups is 1. The van der Waals surface area contributed by atoms with Crippen LogP contribution < -0.4 is 5.32 Å². The van der Waals surface area contributed by atoms with Crippen LogP contribution in [0.4, 0.5) is 5.82 Å². The fourth-order valence-corrected chi connectivity index (χ4v) is 4.53. The molecule has 2 N–H and O–H groups in total. The van der Waals surface area contributed by atoms with Crippen LogP contribution in [0.25, 0.3) is 32.4 Å². The quantitative estimate of drug-likeness (QED) is 0.414. The van der Waals surface area contributed by atoms with Gasteiger partial charge in [-0.3, -0.25) is 4.68 Å². The van der Waals surface area contributed by atoms with E-state index < -0.39 is 0 Å². The van der Waals surface area contributed by atoms with Gasteiger partial charge in [-0.1, -0.05) is 0 Å². The molecule has 158 valence electrons. The smallest absolute Gasteiger partial charge is 0.199 e. The SMILES string of the molecule is Cc1c(-c2ccn(C(C)C)n2)sc2nc(-c3nccn3C)nc(NCCCCO)c12. The van der Waals surface area contributed by atoms with Gasteiger partial charge in [0, 0.05) is 44.8 Å². The Kier molecular flexibility index (Phi) is 5.83. The molecule has 0 fully saturated rings. The third-order valence-corrected chi connectivity index (χ3v) is 6.27. The monoisotopic (exact) mass is 425 g/mol. The molecule has 0 saturated carbocycles. The molecule has 0 aromatic carbocycles. The zero-order chi connectivity index (χ0) is 21.3. The Hall–Kier alpha value is -2.78. The van der Waals surface area contributed by atoms with E-state index in [1.165, 1.54) is 0 Å². The number of thiophene rings is 1. The Morgan fingerprint density at radius 1 is 1.20 bits per heavy atom. The fourth-order valence-electron chi connectivity index (χ4n) is 3.38. The van der Waals surface area contributed by atoms with E-state index in [1.54, 1.807) is 17.5 Å². The summed E-state index contributed by atoms with van der Waals surface area (Å²) in [6, 6.07) is 2.37. The van der Waals surface area contributed by atoms with Gasteiger partial charge >= 0.3 is 0 Å². The molecule has 0 unspecified atom stereocenters. The van der Waals surface area contributed by atoms with Gasteiger partial charge in [0.2, 0.25) is 0 Å². The van der Waals surface area contributed by atoms with Crippen molar-refractivity contribution < 1.29 is 5.11 Å². The zero-order valence-electron chi connectivity index (χ0n) is 17.8. The highest BCUT2D eigenvalue weighted by Gasteiger charge is 2.20. The van der Waals surface area contributed by atoms with Crippen LogP contribution in [0.5, 0.6) is 0 Å². The highest BCUT2D eigenvalue weighted by Crippen LogP contribution is 2.40. The van der Waals surface area contributed by atoms with Crippen molar-refractivity contribution in [3.05, 3.63) is 30.2 Å². The van der Waals surface area contributed by atoms with Crippen molar-refractivity contribution in [2.45, 2.75) is 39.7 Å². The van der Waals surface area contributed by atoms with Crippen LogP contribution >= 0.6 is 11.3 Å². The maximum absolute atomic E-state index is 9.08. The van der Waals surface area contributed by atoms with E-state index in [2.05, 4.69) is 37.1 Å². The lowest BCUT2D eigenvalue weighted by atomic mass is 10.1. The molecule has 0 radical (unpaired) electrons. The predicted molar refractivity (Wildman–Crippen MR) is 121 cm³/mol. The Bertz CT molecular complexity index is 1160. The lowest BCUT2D eigenvalue weighted by Gasteiger charge is -2.09. The molecule has 0 aliphatic rings. The van der Waals surface area contributed by atoms with Gasteiger partial charge in [-0.2, -0.15) is 5.10 Å². The molecule has 0 aliphatic carbocycles. The Balaban J connectivity index is 1.82. The van der Waals surface area contributed by atoms with Gasteiger partial charge < -0.3 is 15.0 Å². The van der Waals surface area contributed by atoms with Gasteiger partial charge in [0.05, 0.1) is 10.3 Å². The summed E-state index contributed by atoms with van der Waals surface area (Å²) in [5, 5.41) is 18.3. The van der Waals surface area contributed by atoms with Crippen LogP contribution in [-0.4, -0.2) is 47.6 Å². The van der Waals surface area contributed by atoms with Crippen molar-refractivity contribution in [2.75, 3.05) is 18.5 Å². The van der Waals surface area contributed by atoms with E-state index >= 15 is 0 Å². The highest BCUT2D eigenvalue weighted by atomic mass is 32.1. The van der Waals surface area contributed by atoms with Crippen molar-refractivity contribution >= 4 is 27.4 Å². The average molecular weight is 426 g/mol. The third kappa shape index (κ3) is 3.82. The van der Waals surface area contributed by atoms with E-state index in [0.717, 1.165) is 57.4 Å². The number of nitrogens with zero attached hydrogens (tertiary/aromatic N) is 6. The lowest BCUT2D eigenvalue weighted by molar-refractivity contribution is 0.286. The summed E-state index contributed by atoms with van der Waals surface area (Å²) >= 11 is 1.63. The van der Waals surface area contributed by atoms with E-state index in [0.29, 0.717) is 11.9 Å². The minimum absolute atomic E-state index is 0.194. The Morgan fingerprint density at radius 3 is 2.70 bits per heavy atom. The second-order valence-electron chi connectivity index (χ2n) is 7.63. The number of rotatable bonds is 8. The van der Waals surface area contributed by atoms with Crippen molar-refractivity contribution in [2.24, 2.45) is 7.05 Å². The average Bonchev–Trinajstić information content (AvgIpc) is 3.44. The first-order chi connectivity index (χ1) is 14.5. The molecule has 0 amide bonds. The Morgan fingerprint density at radius 2 is 2.03 bits per heavy atom. The molecule has 4 rings (SSSR count). The van der Waals surface area contributed by atoms with Crippen LogP contribution in [0, 0.1) is 6.92 Å². The van der Waals surface area contributed by atoms with Gasteiger partial charge in [0.1, 0.15) is 16.3 Å². The first-order valence-corrected chi connectivity index (χ1v) is 11.0. The molecule has 4 aromatic heterocycles. The minimum atomic E-state index is 0.194. The van der Waals surface area contributed by atoms with Crippen molar-refractivity contribution in [1.29, 1.82) is 0 Å². The number of hydrogen-bond donors (Lipinski definition) is 2. The highest BCUT2D eigenvalue weighted by molar-refractivity contribution is 7.22. The minimum Gasteiger partial charge on any atom is -0.396 e. The second-order valence-corrected chi connectivity index (χ2v) is 8.63. The fraction of sp³-hybridized carbons (Fsp3) is 0.429. The number of hydrogen-bond acceptors (Lipinski definition) is 7. The first-order valence-electron chi connectivity index (χ1n) is 10.2. The maximum atomic E-state index is 9.08. The van der Waals surface area contributed by atoms with Crippen molar-refractivity contribution in [3.63, 3.8) is 0 Å². The van der Waals surface area contributed by atoms with Crippen LogP contribution in [0.2, 0.25) is 0 Å². The Labute approximate surface area is 179 Å². The summed E-state index contributed by atoms with van der Waals surface area (Å²) in [7, 11) is 1.94. The van der Waals surface area contributed by atoms with Gasteiger partial charge in [-0.05, 0) is 45.2 Å². The number of unbranched alkanes of at least 4 members (excludes halogenated alkanes) is 1. The molecular formula is C21H27N7OS. The summed E-state index contributed by atoms with van der Waals surface area (Å²) in [5.74, 6) is 2.13. The van der Waals surface area contributed by atoms with Crippen LogP contribution in [0.1, 0.15) is 38.3 Å². The van der Waals surface area contributed by atoms with Crippen LogP contribution in [0.15, 0.2) is 24.7 Å². The second kappa shape index (κ2) is 8.53. The largest absolute Gasteiger partial charge is 0.396 e. The standard InChI is InChI=1S/C21H27N7OS/c1-13(2)28-10-7-15(26-28)17-14(3)16-18(22-8-5-6-12-29)24-19(25-21(16)30-17)20-23-9-11-27(20)4/h7,9-11,13,29H,5-6,8,12H2,1-4H3,(H,22,24,25). The maximum Gasteiger partial charge on any atom is 0.199 e. The van der Waals surface area contributed by atoms with Crippen LogP contribution in [-0.2, 0) is 7.05 Å². The van der Waals surface area contributed by atoms with Gasteiger partial charge in [0.25, 0.3) is 0 Å². The lowest BCUT2D eigenvalue weighted by Crippen LogP contribution is -2.07. The summed E-state index contributed by atoms with van der Waals surface area (Å²) in [5.41, 5.74) is 2.08. The number of fused-ring (bicyclic) bond motifs is 1. The molecule has 9 heteroatoms. The number of aliphatic hydroxyl groups excluding tert-OH is 1. The van der Waals surface area contributed by atoms with Gasteiger partial charge in [-0.15, -0.1) is 11.3 Å². The predicted octanol–water partition coefficient (Wildman–Crippen LogP) is 4.03. The molecule has 8 nitrogen and oxygen atoms in total. The van der Waals surface area contributed by atoms with E-state index in [4.69, 9.17) is 20.2 Å². The summed E-state index contributed by atoms with van der Waals surface area (Å²) in [6.07, 6.45) is 7.28. The molecular weight excluding hydrogens is 398 g/mol. The number of imidazole rings is 1. The van der Waals surface area contributed by atoms with Crippen molar-refractivity contribution in [1.82, 2.24) is 29.3 Å². The molecule has 0 atom stereocenters. The molecule has 0 spiro atoms. The number of aromatic nitrogens is 6. The normalized spacial score (nSPS) is 11.7. The number of anilines is 1. The first kappa shape index (κ1) is 20.5. The summed E-state index contributed by atoms with van der Waals surface area (Å²) in [4.78, 5) is 16.1. The third-order valence-electron chi connectivity index (χ3n) is 5.06. The summed E-state index contributed by atoms with van der Waals surface area (Å²) in [6.45, 7) is 7.27. The molecule has 30 heavy (non-hydrogen) atoms. The van der Waals surface area contributed by atoms with Gasteiger partial charge in [0.15, 0.2) is 11.6 Å². The molecule has 4 heterocycles. The van der Waals surface area contributed by atoms with Crippen LogP contribution in [0.3, 0.4) is 0 Å². The number of nitrogens with one attached hydrogen (secondary N) is 1. The summed E-state index contributed by atoms with van der Waals surface area (Å²) < 4.78 is 3.89. The molecule has 4 aromatic rings. The van der Waals surface area contributed by atoms with E-state index in [-0.39, 0.29) is 6.61 Å². The van der Waals surface area contributed by atoms with E-state index in [1.807, 2.05) is 28.7 Å². The molecule has 0 aliphatic heterocycles. The molecule has 0 bridgehead atoms. The number of aryl methyl sites for hydroxylation is 2. The van der Waals surface area contributed by atoms with E-state index in [9.17, 15) is 0 Å². The molecule has 0 saturated heterocycles. The topological polar surface area (TPSA) is 93.7 Å². The van der Waals surface area contributed by atoms with Gasteiger partial charge in [-0.25, -0.2) is 15.0 Å².